The number of halogens is 2. The number of rotatable bonds is 4. The normalized spacial score (nSPS) is 11.0. The molecule has 0 fully saturated rings. The van der Waals surface area contributed by atoms with Gasteiger partial charge >= 0.3 is 5.97 Å². The van der Waals surface area contributed by atoms with Gasteiger partial charge in [-0.25, -0.2) is 13.6 Å². The highest BCUT2D eigenvalue weighted by atomic mass is 32.1. The van der Waals surface area contributed by atoms with Crippen LogP contribution in [0.5, 0.6) is 0 Å². The number of esters is 1. The lowest BCUT2D eigenvalue weighted by atomic mass is 10.2. The summed E-state index contributed by atoms with van der Waals surface area (Å²) in [5.74, 6) is -0.180. The number of hydrogen-bond acceptors (Lipinski definition) is 5. The van der Waals surface area contributed by atoms with E-state index in [1.165, 1.54) is 6.92 Å². The first-order valence-corrected chi connectivity index (χ1v) is 6.37. The van der Waals surface area contributed by atoms with E-state index in [1.807, 2.05) is 0 Å². The van der Waals surface area contributed by atoms with Crippen LogP contribution in [0.3, 0.4) is 0 Å². The highest BCUT2D eigenvalue weighted by Gasteiger charge is 2.22. The number of hydrogen-bond donors (Lipinski definition) is 0. The zero-order valence-corrected chi connectivity index (χ0v) is 11.1. The smallest absolute Gasteiger partial charge is 0.348 e. The van der Waals surface area contributed by atoms with Crippen LogP contribution in [0.4, 0.5) is 8.78 Å². The molecule has 4 nitrogen and oxygen atoms in total. The molecule has 0 aliphatic carbocycles. The predicted octanol–water partition coefficient (Wildman–Crippen LogP) is 3.83. The fraction of sp³-hybridized carbons (Fsp3) is 0.333. The number of aromatic nitrogens is 1. The lowest BCUT2D eigenvalue weighted by Gasteiger charge is -1.97. The molecule has 0 aliphatic heterocycles. The summed E-state index contributed by atoms with van der Waals surface area (Å²) in [5, 5.41) is 3.35. The molecule has 19 heavy (non-hydrogen) atoms. The van der Waals surface area contributed by atoms with Crippen LogP contribution < -0.4 is 0 Å². The van der Waals surface area contributed by atoms with Crippen LogP contribution in [0.1, 0.15) is 34.3 Å². The highest BCUT2D eigenvalue weighted by Crippen LogP contribution is 2.34. The van der Waals surface area contributed by atoms with Gasteiger partial charge in [-0.15, -0.1) is 11.3 Å². The second-order valence-electron chi connectivity index (χ2n) is 3.71. The Morgan fingerprint density at radius 3 is 2.84 bits per heavy atom. The third-order valence-corrected chi connectivity index (χ3v) is 3.54. The Morgan fingerprint density at radius 2 is 2.26 bits per heavy atom. The first-order valence-electron chi connectivity index (χ1n) is 5.56. The van der Waals surface area contributed by atoms with Crippen LogP contribution in [-0.2, 0) is 4.74 Å². The minimum atomic E-state index is -2.68. The van der Waals surface area contributed by atoms with Crippen LogP contribution in [0.25, 0.3) is 10.6 Å². The van der Waals surface area contributed by atoms with Gasteiger partial charge in [-0.1, -0.05) is 5.16 Å². The lowest BCUT2D eigenvalue weighted by Crippen LogP contribution is -2.01. The molecule has 0 N–H and O–H groups in total. The van der Waals surface area contributed by atoms with Crippen LogP contribution in [0.2, 0.25) is 0 Å². The van der Waals surface area contributed by atoms with Crippen molar-refractivity contribution in [3.63, 3.8) is 0 Å². The summed E-state index contributed by atoms with van der Waals surface area (Å²) in [6.45, 7) is 3.50. The molecule has 0 bridgehead atoms. The second-order valence-corrected chi connectivity index (χ2v) is 4.79. The van der Waals surface area contributed by atoms with Crippen molar-refractivity contribution < 1.29 is 22.8 Å². The summed E-state index contributed by atoms with van der Waals surface area (Å²) in [4.78, 5) is 12.5. The fourth-order valence-corrected chi connectivity index (χ4v) is 2.49. The van der Waals surface area contributed by atoms with Gasteiger partial charge in [0.25, 0.3) is 6.43 Å². The molecule has 0 spiro atoms. The van der Waals surface area contributed by atoms with Gasteiger partial charge in [0.1, 0.15) is 4.88 Å². The van der Waals surface area contributed by atoms with E-state index in [-0.39, 0.29) is 23.6 Å². The van der Waals surface area contributed by atoms with E-state index in [0.717, 1.165) is 11.3 Å². The molecule has 0 aromatic carbocycles. The minimum Gasteiger partial charge on any atom is -0.462 e. The van der Waals surface area contributed by atoms with Crippen molar-refractivity contribution in [3.8, 4) is 10.6 Å². The number of thiophene rings is 1. The van der Waals surface area contributed by atoms with Crippen molar-refractivity contribution >= 4 is 17.3 Å². The molecule has 0 amide bonds. The largest absolute Gasteiger partial charge is 0.462 e. The van der Waals surface area contributed by atoms with Gasteiger partial charge in [0.2, 0.25) is 0 Å². The fourth-order valence-electron chi connectivity index (χ4n) is 1.55. The first kappa shape index (κ1) is 13.7. The Morgan fingerprint density at radius 1 is 1.53 bits per heavy atom. The molecule has 0 radical (unpaired) electrons. The summed E-state index contributed by atoms with van der Waals surface area (Å²) in [5.41, 5.74) is -0.0895. The SMILES string of the molecule is CCOC(=O)c1ccc(-c2onc(C(F)F)c2C)s1. The topological polar surface area (TPSA) is 52.3 Å². The van der Waals surface area contributed by atoms with Crippen molar-refractivity contribution in [2.24, 2.45) is 0 Å². The van der Waals surface area contributed by atoms with Gasteiger partial charge in [0, 0.05) is 5.56 Å². The van der Waals surface area contributed by atoms with Gasteiger partial charge in [-0.2, -0.15) is 0 Å². The quantitative estimate of drug-likeness (QED) is 0.802. The number of nitrogens with zero attached hydrogens (tertiary/aromatic N) is 1. The van der Waals surface area contributed by atoms with E-state index in [4.69, 9.17) is 9.26 Å². The van der Waals surface area contributed by atoms with Gasteiger partial charge in [-0.05, 0) is 26.0 Å². The number of ether oxygens (including phenoxy) is 1. The minimum absolute atomic E-state index is 0.260. The summed E-state index contributed by atoms with van der Waals surface area (Å²) in [6, 6.07) is 3.20. The molecule has 0 aliphatic rings. The van der Waals surface area contributed by atoms with Crippen molar-refractivity contribution in [1.82, 2.24) is 5.16 Å². The average Bonchev–Trinajstić information content (AvgIpc) is 2.95. The molecule has 0 unspecified atom stereocenters. The predicted molar refractivity (Wildman–Crippen MR) is 65.5 cm³/mol. The summed E-state index contributed by atoms with van der Waals surface area (Å²) in [7, 11) is 0. The molecule has 7 heteroatoms. The Kier molecular flexibility index (Phi) is 3.94. The van der Waals surface area contributed by atoms with E-state index in [9.17, 15) is 13.6 Å². The molecular weight excluding hydrogens is 276 g/mol. The third-order valence-electron chi connectivity index (χ3n) is 2.47. The Balaban J connectivity index is 2.31. The van der Waals surface area contributed by atoms with Gasteiger partial charge in [0.05, 0.1) is 11.5 Å². The Hall–Kier alpha value is -1.76. The lowest BCUT2D eigenvalue weighted by molar-refractivity contribution is 0.0532. The van der Waals surface area contributed by atoms with E-state index < -0.39 is 12.4 Å². The average molecular weight is 287 g/mol. The standard InChI is InChI=1S/C12H11F2NO3S/c1-3-17-12(16)8-5-4-7(19-8)10-6(2)9(11(13)14)15-18-10/h4-5,11H,3H2,1-2H3. The monoisotopic (exact) mass is 287 g/mol. The van der Waals surface area contributed by atoms with Gasteiger partial charge in [-0.3, -0.25) is 0 Å². The molecule has 2 rings (SSSR count). The van der Waals surface area contributed by atoms with Crippen LogP contribution in [0.15, 0.2) is 16.7 Å². The maximum absolute atomic E-state index is 12.6. The molecular formula is C12H11F2NO3S. The van der Waals surface area contributed by atoms with E-state index in [2.05, 4.69) is 5.16 Å². The third kappa shape index (κ3) is 2.65. The molecule has 102 valence electrons. The molecule has 0 saturated carbocycles. The highest BCUT2D eigenvalue weighted by molar-refractivity contribution is 7.17. The number of carbonyl (C=O) groups excluding carboxylic acids is 1. The van der Waals surface area contributed by atoms with Crippen molar-refractivity contribution in [3.05, 3.63) is 28.3 Å². The van der Waals surface area contributed by atoms with Gasteiger partial charge < -0.3 is 9.26 Å². The van der Waals surface area contributed by atoms with Crippen molar-refractivity contribution in [1.29, 1.82) is 0 Å². The second kappa shape index (κ2) is 5.48. The Bertz CT molecular complexity index is 592. The summed E-state index contributed by atoms with van der Waals surface area (Å²) < 4.78 is 35.0. The van der Waals surface area contributed by atoms with Crippen molar-refractivity contribution in [2.45, 2.75) is 20.3 Å². The van der Waals surface area contributed by atoms with E-state index in [0.29, 0.717) is 9.75 Å². The van der Waals surface area contributed by atoms with Gasteiger partial charge in [0.15, 0.2) is 11.5 Å². The molecule has 2 aromatic heterocycles. The molecule has 0 saturated heterocycles. The number of alkyl halides is 2. The Labute approximate surface area is 112 Å². The summed E-state index contributed by atoms with van der Waals surface area (Å²) >= 11 is 1.12. The summed E-state index contributed by atoms with van der Waals surface area (Å²) in [6.07, 6.45) is -2.68. The first-order chi connectivity index (χ1) is 9.04. The molecule has 2 aromatic rings. The van der Waals surface area contributed by atoms with Crippen molar-refractivity contribution in [2.75, 3.05) is 6.61 Å². The van der Waals surface area contributed by atoms with Crippen LogP contribution in [0, 0.1) is 6.92 Å². The zero-order valence-electron chi connectivity index (χ0n) is 10.3. The van der Waals surface area contributed by atoms with Crippen LogP contribution >= 0.6 is 11.3 Å². The van der Waals surface area contributed by atoms with Crippen LogP contribution in [-0.4, -0.2) is 17.7 Å². The maximum atomic E-state index is 12.6. The molecule has 0 atom stereocenters. The van der Waals surface area contributed by atoms with E-state index in [1.54, 1.807) is 19.1 Å². The zero-order chi connectivity index (χ0) is 14.0. The van der Waals surface area contributed by atoms with E-state index >= 15 is 0 Å². The number of carbonyl (C=O) groups is 1. The maximum Gasteiger partial charge on any atom is 0.348 e. The molecule has 2 heterocycles.